The first kappa shape index (κ1) is 13.0. The zero-order valence-electron chi connectivity index (χ0n) is 9.80. The lowest BCUT2D eigenvalue weighted by Crippen LogP contribution is -2.06. The fourth-order valence-electron chi connectivity index (χ4n) is 1.16. The molecule has 4 heteroatoms. The smallest absolute Gasteiger partial charge is 0.343 e. The molecule has 1 rings (SSSR count). The van der Waals surface area contributed by atoms with Crippen molar-refractivity contribution in [3.8, 4) is 0 Å². The summed E-state index contributed by atoms with van der Waals surface area (Å²) in [5.41, 5.74) is 0.434. The molecule has 1 aromatic rings. The normalized spacial score (nSPS) is 10.8. The largest absolute Gasteiger partial charge is 0.463 e. The van der Waals surface area contributed by atoms with Gasteiger partial charge in [-0.15, -0.1) is 0 Å². The van der Waals surface area contributed by atoms with Crippen LogP contribution in [0.5, 0.6) is 0 Å². The minimum atomic E-state index is -0.522. The first-order chi connectivity index (χ1) is 8.13. The van der Waals surface area contributed by atoms with Crippen LogP contribution in [-0.4, -0.2) is 18.5 Å². The van der Waals surface area contributed by atoms with Crippen molar-refractivity contribution in [1.29, 1.82) is 0 Å². The molecule has 0 fully saturated rings. The van der Waals surface area contributed by atoms with E-state index in [-0.39, 0.29) is 12.4 Å². The van der Waals surface area contributed by atoms with Crippen LogP contribution in [0.2, 0.25) is 0 Å². The average Bonchev–Trinajstić information content (AvgIpc) is 2.30. The van der Waals surface area contributed by atoms with Gasteiger partial charge in [-0.25, -0.2) is 9.59 Å². The van der Waals surface area contributed by atoms with Gasteiger partial charge in [0.15, 0.2) is 0 Å². The molecule has 17 heavy (non-hydrogen) atoms. The number of hydrogen-bond donors (Lipinski definition) is 0. The highest BCUT2D eigenvalue weighted by atomic mass is 16.5. The molecule has 0 heterocycles. The van der Waals surface area contributed by atoms with E-state index in [9.17, 15) is 9.59 Å². The van der Waals surface area contributed by atoms with Gasteiger partial charge in [0.1, 0.15) is 5.76 Å². The summed E-state index contributed by atoms with van der Waals surface area (Å²) in [6, 6.07) is 8.56. The monoisotopic (exact) mass is 234 g/mol. The molecule has 0 spiro atoms. The molecule has 0 saturated heterocycles. The summed E-state index contributed by atoms with van der Waals surface area (Å²) >= 11 is 0. The van der Waals surface area contributed by atoms with E-state index >= 15 is 0 Å². The van der Waals surface area contributed by atoms with Crippen LogP contribution in [0.1, 0.15) is 24.2 Å². The fraction of sp³-hybridized carbons (Fsp3) is 0.231. The third-order valence-electron chi connectivity index (χ3n) is 1.87. The zero-order valence-corrected chi connectivity index (χ0v) is 9.80. The Balaban J connectivity index is 2.60. The summed E-state index contributed by atoms with van der Waals surface area (Å²) in [4.78, 5) is 22.7. The molecule has 90 valence electrons. The molecule has 0 saturated carbocycles. The van der Waals surface area contributed by atoms with Gasteiger partial charge in [-0.2, -0.15) is 0 Å². The summed E-state index contributed by atoms with van der Waals surface area (Å²) in [6.45, 7) is 3.52. The van der Waals surface area contributed by atoms with Crippen molar-refractivity contribution in [3.05, 3.63) is 47.7 Å². The Kier molecular flexibility index (Phi) is 4.94. The Morgan fingerprint density at radius 3 is 2.47 bits per heavy atom. The zero-order chi connectivity index (χ0) is 12.7. The van der Waals surface area contributed by atoms with Crippen LogP contribution in [0.15, 0.2) is 42.2 Å². The van der Waals surface area contributed by atoms with Crippen LogP contribution in [0, 0.1) is 0 Å². The predicted molar refractivity (Wildman–Crippen MR) is 62.2 cm³/mol. The fourth-order valence-corrected chi connectivity index (χ4v) is 1.16. The van der Waals surface area contributed by atoms with Gasteiger partial charge in [-0.3, -0.25) is 0 Å². The maximum absolute atomic E-state index is 11.6. The lowest BCUT2D eigenvalue weighted by Gasteiger charge is -2.04. The van der Waals surface area contributed by atoms with Crippen LogP contribution in [0.25, 0.3) is 0 Å². The lowest BCUT2D eigenvalue weighted by atomic mass is 10.2. The van der Waals surface area contributed by atoms with E-state index in [1.165, 1.54) is 6.92 Å². The standard InChI is InChI=1S/C13H14O4/c1-3-16-12(14)9-10(2)17-13(15)11-7-5-4-6-8-11/h4-9H,3H2,1-2H3/b10-9+. The Labute approximate surface area is 99.8 Å². The van der Waals surface area contributed by atoms with Crippen LogP contribution in [0.4, 0.5) is 0 Å². The molecule has 0 aliphatic carbocycles. The molecule has 0 aromatic heterocycles. The van der Waals surface area contributed by atoms with E-state index in [0.29, 0.717) is 5.56 Å². The third-order valence-corrected chi connectivity index (χ3v) is 1.87. The summed E-state index contributed by atoms with van der Waals surface area (Å²) in [5, 5.41) is 0. The molecule has 0 aliphatic heterocycles. The van der Waals surface area contributed by atoms with Gasteiger partial charge in [-0.05, 0) is 26.0 Å². The molecular weight excluding hydrogens is 220 g/mol. The Morgan fingerprint density at radius 1 is 1.24 bits per heavy atom. The van der Waals surface area contributed by atoms with Crippen molar-refractivity contribution in [2.24, 2.45) is 0 Å². The van der Waals surface area contributed by atoms with Crippen molar-refractivity contribution >= 4 is 11.9 Å². The number of rotatable bonds is 4. The second kappa shape index (κ2) is 6.48. The first-order valence-corrected chi connectivity index (χ1v) is 5.25. The highest BCUT2D eigenvalue weighted by molar-refractivity contribution is 5.90. The Bertz CT molecular complexity index is 420. The van der Waals surface area contributed by atoms with Crippen LogP contribution >= 0.6 is 0 Å². The number of benzene rings is 1. The Morgan fingerprint density at radius 2 is 1.88 bits per heavy atom. The number of hydrogen-bond acceptors (Lipinski definition) is 4. The molecule has 0 bridgehead atoms. The minimum Gasteiger partial charge on any atom is -0.463 e. The van der Waals surface area contributed by atoms with Crippen molar-refractivity contribution in [3.63, 3.8) is 0 Å². The summed E-state index contributed by atoms with van der Waals surface area (Å²) < 4.78 is 9.67. The minimum absolute atomic E-state index is 0.206. The molecule has 0 amide bonds. The molecule has 0 aliphatic rings. The second-order valence-electron chi connectivity index (χ2n) is 3.26. The maximum Gasteiger partial charge on any atom is 0.343 e. The summed E-state index contributed by atoms with van der Waals surface area (Å²) in [6.07, 6.45) is 1.14. The molecule has 4 nitrogen and oxygen atoms in total. The number of carbonyl (C=O) groups excluding carboxylic acids is 2. The van der Waals surface area contributed by atoms with E-state index in [0.717, 1.165) is 6.08 Å². The molecule has 0 radical (unpaired) electrons. The SMILES string of the molecule is CCOC(=O)/C=C(\C)OC(=O)c1ccccc1. The first-order valence-electron chi connectivity index (χ1n) is 5.25. The van der Waals surface area contributed by atoms with E-state index in [1.807, 2.05) is 0 Å². The van der Waals surface area contributed by atoms with Gasteiger partial charge in [0.05, 0.1) is 18.2 Å². The number of carbonyl (C=O) groups is 2. The quantitative estimate of drug-likeness (QED) is 0.455. The molecule has 0 unspecified atom stereocenters. The van der Waals surface area contributed by atoms with Gasteiger partial charge >= 0.3 is 11.9 Å². The summed E-state index contributed by atoms with van der Waals surface area (Å²) in [7, 11) is 0. The molecule has 0 N–H and O–H groups in total. The highest BCUT2D eigenvalue weighted by Crippen LogP contribution is 2.05. The van der Waals surface area contributed by atoms with Gasteiger partial charge in [-0.1, -0.05) is 18.2 Å². The van der Waals surface area contributed by atoms with Gasteiger partial charge < -0.3 is 9.47 Å². The van der Waals surface area contributed by atoms with Crippen molar-refractivity contribution in [2.75, 3.05) is 6.61 Å². The number of ether oxygens (including phenoxy) is 2. The van der Waals surface area contributed by atoms with Crippen molar-refractivity contribution in [1.82, 2.24) is 0 Å². The van der Waals surface area contributed by atoms with Crippen LogP contribution in [0.3, 0.4) is 0 Å². The predicted octanol–water partition coefficient (Wildman–Crippen LogP) is 2.31. The van der Waals surface area contributed by atoms with E-state index in [4.69, 9.17) is 9.47 Å². The number of allylic oxidation sites excluding steroid dienone is 1. The van der Waals surface area contributed by atoms with Gasteiger partial charge in [0.2, 0.25) is 0 Å². The summed E-state index contributed by atoms with van der Waals surface area (Å²) in [5.74, 6) is -0.813. The third kappa shape index (κ3) is 4.51. The molecule has 0 atom stereocenters. The Hall–Kier alpha value is -2.10. The lowest BCUT2D eigenvalue weighted by molar-refractivity contribution is -0.137. The van der Waals surface area contributed by atoms with Gasteiger partial charge in [0, 0.05) is 0 Å². The van der Waals surface area contributed by atoms with E-state index < -0.39 is 11.9 Å². The number of esters is 2. The van der Waals surface area contributed by atoms with Crippen LogP contribution in [-0.2, 0) is 14.3 Å². The van der Waals surface area contributed by atoms with Gasteiger partial charge in [0.25, 0.3) is 0 Å². The molecular formula is C13H14O4. The van der Waals surface area contributed by atoms with Crippen LogP contribution < -0.4 is 0 Å². The van der Waals surface area contributed by atoms with Crippen molar-refractivity contribution < 1.29 is 19.1 Å². The average molecular weight is 234 g/mol. The second-order valence-corrected chi connectivity index (χ2v) is 3.26. The molecule has 1 aromatic carbocycles. The van der Waals surface area contributed by atoms with E-state index in [2.05, 4.69) is 0 Å². The van der Waals surface area contributed by atoms with Crippen molar-refractivity contribution in [2.45, 2.75) is 13.8 Å². The highest BCUT2D eigenvalue weighted by Gasteiger charge is 2.08. The van der Waals surface area contributed by atoms with E-state index in [1.54, 1.807) is 37.3 Å². The topological polar surface area (TPSA) is 52.6 Å². The maximum atomic E-state index is 11.6.